The number of aromatic nitrogens is 2. The van der Waals surface area contributed by atoms with Crippen molar-refractivity contribution in [1.29, 1.82) is 5.26 Å². The van der Waals surface area contributed by atoms with E-state index in [4.69, 9.17) is 10.00 Å². The smallest absolute Gasteiger partial charge is 0.132 e. The standard InChI is InChI=1S/C19H21N5O/c20-12-15-1-3-17(4-2-15)23-6-8-24(9-7-23)19-11-18(21-14-22-19)16-5-10-25-13-16/h1-4,11,14,16H,5-10,13H2/t16-/m1/s1. The second-order valence-corrected chi connectivity index (χ2v) is 6.49. The number of ether oxygens (including phenoxy) is 1. The van der Waals surface area contributed by atoms with Gasteiger partial charge in [-0.2, -0.15) is 5.26 Å². The van der Waals surface area contributed by atoms with Crippen molar-refractivity contribution >= 4 is 11.5 Å². The summed E-state index contributed by atoms with van der Waals surface area (Å²) >= 11 is 0. The van der Waals surface area contributed by atoms with Gasteiger partial charge in [0.25, 0.3) is 0 Å². The molecule has 6 nitrogen and oxygen atoms in total. The van der Waals surface area contributed by atoms with Crippen LogP contribution in [-0.2, 0) is 4.74 Å². The maximum absolute atomic E-state index is 8.91. The topological polar surface area (TPSA) is 65.3 Å². The Kier molecular flexibility index (Phi) is 4.49. The van der Waals surface area contributed by atoms with E-state index in [0.29, 0.717) is 11.5 Å². The minimum absolute atomic E-state index is 0.404. The molecule has 4 rings (SSSR count). The van der Waals surface area contributed by atoms with Gasteiger partial charge in [0, 0.05) is 50.5 Å². The predicted molar refractivity (Wildman–Crippen MR) is 95.8 cm³/mol. The van der Waals surface area contributed by atoms with Gasteiger partial charge in [-0.05, 0) is 30.7 Å². The van der Waals surface area contributed by atoms with E-state index in [1.807, 2.05) is 24.3 Å². The molecule has 0 saturated carbocycles. The summed E-state index contributed by atoms with van der Waals surface area (Å²) in [4.78, 5) is 13.6. The van der Waals surface area contributed by atoms with E-state index in [2.05, 4.69) is 31.9 Å². The highest BCUT2D eigenvalue weighted by Gasteiger charge is 2.22. The van der Waals surface area contributed by atoms with Crippen LogP contribution in [0, 0.1) is 11.3 Å². The van der Waals surface area contributed by atoms with E-state index < -0.39 is 0 Å². The van der Waals surface area contributed by atoms with Crippen LogP contribution >= 0.6 is 0 Å². The van der Waals surface area contributed by atoms with E-state index >= 15 is 0 Å². The van der Waals surface area contributed by atoms with Gasteiger partial charge in [-0.1, -0.05) is 0 Å². The summed E-state index contributed by atoms with van der Waals surface area (Å²) in [7, 11) is 0. The van der Waals surface area contributed by atoms with Gasteiger partial charge < -0.3 is 14.5 Å². The van der Waals surface area contributed by atoms with Crippen LogP contribution < -0.4 is 9.80 Å². The number of benzene rings is 1. The number of piperazine rings is 1. The van der Waals surface area contributed by atoms with Crippen LogP contribution in [-0.4, -0.2) is 49.4 Å². The molecule has 2 saturated heterocycles. The van der Waals surface area contributed by atoms with Crippen molar-refractivity contribution in [2.75, 3.05) is 49.2 Å². The molecule has 2 aliphatic heterocycles. The van der Waals surface area contributed by atoms with Crippen molar-refractivity contribution in [3.8, 4) is 6.07 Å². The fraction of sp³-hybridized carbons (Fsp3) is 0.421. The third-order valence-electron chi connectivity index (χ3n) is 4.99. The first-order valence-electron chi connectivity index (χ1n) is 8.73. The van der Waals surface area contributed by atoms with Gasteiger partial charge in [0.05, 0.1) is 23.9 Å². The van der Waals surface area contributed by atoms with Crippen molar-refractivity contribution < 1.29 is 4.74 Å². The molecule has 1 aromatic heterocycles. The van der Waals surface area contributed by atoms with Crippen LogP contribution in [0.15, 0.2) is 36.7 Å². The Bertz CT molecular complexity index is 756. The summed E-state index contributed by atoms with van der Waals surface area (Å²) in [5.74, 6) is 1.41. The third kappa shape index (κ3) is 3.42. The van der Waals surface area contributed by atoms with Crippen molar-refractivity contribution in [3.05, 3.63) is 47.9 Å². The molecule has 2 aliphatic rings. The summed E-state index contributed by atoms with van der Waals surface area (Å²) in [5.41, 5.74) is 2.97. The van der Waals surface area contributed by atoms with E-state index in [1.54, 1.807) is 6.33 Å². The fourth-order valence-corrected chi connectivity index (χ4v) is 3.47. The normalized spacial score (nSPS) is 20.5. The molecule has 2 aromatic rings. The maximum Gasteiger partial charge on any atom is 0.132 e. The second kappa shape index (κ2) is 7.08. The molecule has 6 heteroatoms. The Morgan fingerprint density at radius 1 is 1.04 bits per heavy atom. The Morgan fingerprint density at radius 3 is 2.48 bits per heavy atom. The second-order valence-electron chi connectivity index (χ2n) is 6.49. The Labute approximate surface area is 147 Å². The third-order valence-corrected chi connectivity index (χ3v) is 4.99. The van der Waals surface area contributed by atoms with Crippen LogP contribution in [0.5, 0.6) is 0 Å². The Balaban J connectivity index is 1.41. The van der Waals surface area contributed by atoms with Crippen molar-refractivity contribution in [2.24, 2.45) is 0 Å². The number of anilines is 2. The van der Waals surface area contributed by atoms with Gasteiger partial charge >= 0.3 is 0 Å². The SMILES string of the molecule is N#Cc1ccc(N2CCN(c3cc([C@@H]4CCOC4)ncn3)CC2)cc1. The van der Waals surface area contributed by atoms with E-state index in [1.165, 1.54) is 5.69 Å². The summed E-state index contributed by atoms with van der Waals surface area (Å²) < 4.78 is 5.48. The minimum atomic E-state index is 0.404. The van der Waals surface area contributed by atoms with Gasteiger partial charge in [-0.25, -0.2) is 9.97 Å². The van der Waals surface area contributed by atoms with Crippen LogP contribution in [0.25, 0.3) is 0 Å². The quantitative estimate of drug-likeness (QED) is 0.856. The number of rotatable bonds is 3. The van der Waals surface area contributed by atoms with Crippen molar-refractivity contribution in [3.63, 3.8) is 0 Å². The molecule has 0 bridgehead atoms. The minimum Gasteiger partial charge on any atom is -0.381 e. The first-order chi connectivity index (χ1) is 12.3. The van der Waals surface area contributed by atoms with Crippen LogP contribution in [0.3, 0.4) is 0 Å². The van der Waals surface area contributed by atoms with Gasteiger partial charge in [-0.15, -0.1) is 0 Å². The molecule has 1 aromatic carbocycles. The number of hydrogen-bond donors (Lipinski definition) is 0. The largest absolute Gasteiger partial charge is 0.381 e. The molecule has 1 atom stereocenters. The average molecular weight is 335 g/mol. The lowest BCUT2D eigenvalue weighted by Crippen LogP contribution is -2.46. The van der Waals surface area contributed by atoms with E-state index in [9.17, 15) is 0 Å². The molecule has 128 valence electrons. The lowest BCUT2D eigenvalue weighted by molar-refractivity contribution is 0.193. The zero-order chi connectivity index (χ0) is 17.1. The molecule has 0 amide bonds. The lowest BCUT2D eigenvalue weighted by atomic mass is 10.0. The van der Waals surface area contributed by atoms with Crippen LogP contribution in [0.1, 0.15) is 23.6 Å². The highest BCUT2D eigenvalue weighted by molar-refractivity contribution is 5.52. The molecule has 0 N–H and O–H groups in total. The van der Waals surface area contributed by atoms with Crippen LogP contribution in [0.2, 0.25) is 0 Å². The Morgan fingerprint density at radius 2 is 1.80 bits per heavy atom. The van der Waals surface area contributed by atoms with Gasteiger partial charge in [0.1, 0.15) is 12.1 Å². The molecule has 0 unspecified atom stereocenters. The fourth-order valence-electron chi connectivity index (χ4n) is 3.47. The molecule has 0 spiro atoms. The zero-order valence-corrected chi connectivity index (χ0v) is 14.1. The van der Waals surface area contributed by atoms with E-state index in [-0.39, 0.29) is 0 Å². The molecule has 3 heterocycles. The molecule has 0 radical (unpaired) electrons. The van der Waals surface area contributed by atoms with Crippen LogP contribution in [0.4, 0.5) is 11.5 Å². The monoisotopic (exact) mass is 335 g/mol. The molecule has 25 heavy (non-hydrogen) atoms. The maximum atomic E-state index is 8.91. The average Bonchev–Trinajstić information content (AvgIpc) is 3.23. The summed E-state index contributed by atoms with van der Waals surface area (Å²) in [5, 5.41) is 8.91. The first kappa shape index (κ1) is 15.9. The number of nitrogens with zero attached hydrogens (tertiary/aromatic N) is 5. The highest BCUT2D eigenvalue weighted by Crippen LogP contribution is 2.26. The van der Waals surface area contributed by atoms with E-state index in [0.717, 1.165) is 57.3 Å². The highest BCUT2D eigenvalue weighted by atomic mass is 16.5. The number of hydrogen-bond acceptors (Lipinski definition) is 6. The molecule has 2 fully saturated rings. The van der Waals surface area contributed by atoms with Crippen molar-refractivity contribution in [1.82, 2.24) is 9.97 Å². The molecular formula is C19H21N5O. The lowest BCUT2D eigenvalue weighted by Gasteiger charge is -2.36. The molecule has 0 aliphatic carbocycles. The summed E-state index contributed by atoms with van der Waals surface area (Å²) in [6, 6.07) is 12.1. The number of nitriles is 1. The van der Waals surface area contributed by atoms with Gasteiger partial charge in [0.15, 0.2) is 0 Å². The van der Waals surface area contributed by atoms with Gasteiger partial charge in [-0.3, -0.25) is 0 Å². The Hall–Kier alpha value is -2.65. The zero-order valence-electron chi connectivity index (χ0n) is 14.1. The summed E-state index contributed by atoms with van der Waals surface area (Å²) in [6.07, 6.45) is 2.72. The summed E-state index contributed by atoms with van der Waals surface area (Å²) in [6.45, 7) is 5.33. The van der Waals surface area contributed by atoms with Gasteiger partial charge in [0.2, 0.25) is 0 Å². The van der Waals surface area contributed by atoms with Crippen molar-refractivity contribution in [2.45, 2.75) is 12.3 Å². The first-order valence-corrected chi connectivity index (χ1v) is 8.73. The predicted octanol–water partition coefficient (Wildman–Crippen LogP) is 2.18. The molecular weight excluding hydrogens is 314 g/mol.